The number of methoxy groups -OCH3 is 1. The molecule has 2 aromatic rings. The molecule has 110 valence electrons. The van der Waals surface area contributed by atoms with Crippen molar-refractivity contribution >= 4 is 16.7 Å². The van der Waals surface area contributed by atoms with Crippen molar-refractivity contribution in [3.8, 4) is 5.75 Å². The number of aromatic nitrogens is 1. The van der Waals surface area contributed by atoms with Crippen LogP contribution in [0.4, 0.5) is 5.82 Å². The summed E-state index contributed by atoms with van der Waals surface area (Å²) in [4.78, 5) is 7.26. The van der Waals surface area contributed by atoms with E-state index in [1.54, 1.807) is 7.11 Å². The van der Waals surface area contributed by atoms with Gasteiger partial charge in [0.2, 0.25) is 0 Å². The Labute approximate surface area is 124 Å². The Kier molecular flexibility index (Phi) is 3.00. The van der Waals surface area contributed by atoms with Crippen LogP contribution in [-0.4, -0.2) is 35.4 Å². The van der Waals surface area contributed by atoms with Crippen molar-refractivity contribution < 1.29 is 9.84 Å². The number of aliphatic hydroxyl groups excluding tert-OH is 1. The van der Waals surface area contributed by atoms with E-state index in [2.05, 4.69) is 17.0 Å². The van der Waals surface area contributed by atoms with Crippen LogP contribution in [0, 0.1) is 0 Å². The Morgan fingerprint density at radius 3 is 2.62 bits per heavy atom. The molecule has 1 aromatic heterocycles. The summed E-state index contributed by atoms with van der Waals surface area (Å²) in [5.74, 6) is 1.91. The maximum atomic E-state index is 9.92. The second-order valence-corrected chi connectivity index (χ2v) is 6.15. The van der Waals surface area contributed by atoms with Gasteiger partial charge in [0, 0.05) is 17.5 Å². The molecule has 0 aliphatic carbocycles. The topological polar surface area (TPSA) is 45.6 Å². The molecule has 3 heterocycles. The van der Waals surface area contributed by atoms with Crippen LogP contribution in [-0.2, 0) is 0 Å². The van der Waals surface area contributed by atoms with Gasteiger partial charge in [-0.05, 0) is 56.0 Å². The van der Waals surface area contributed by atoms with Gasteiger partial charge in [-0.15, -0.1) is 0 Å². The van der Waals surface area contributed by atoms with Gasteiger partial charge in [-0.3, -0.25) is 0 Å². The first-order chi connectivity index (χ1) is 10.2. The van der Waals surface area contributed by atoms with Gasteiger partial charge < -0.3 is 14.7 Å². The van der Waals surface area contributed by atoms with E-state index in [0.717, 1.165) is 35.3 Å². The molecule has 2 aliphatic heterocycles. The first-order valence-corrected chi connectivity index (χ1v) is 7.66. The van der Waals surface area contributed by atoms with Crippen molar-refractivity contribution in [2.45, 2.75) is 43.9 Å². The lowest BCUT2D eigenvalue weighted by molar-refractivity contribution is 0.126. The maximum absolute atomic E-state index is 9.92. The number of anilines is 1. The first-order valence-electron chi connectivity index (χ1n) is 7.66. The summed E-state index contributed by atoms with van der Waals surface area (Å²) in [5, 5.41) is 11.0. The average molecular weight is 284 g/mol. The third-order valence-corrected chi connectivity index (χ3v) is 4.85. The maximum Gasteiger partial charge on any atom is 0.129 e. The van der Waals surface area contributed by atoms with Crippen LogP contribution >= 0.6 is 0 Å². The van der Waals surface area contributed by atoms with Gasteiger partial charge >= 0.3 is 0 Å². The Hall–Kier alpha value is -1.81. The van der Waals surface area contributed by atoms with E-state index >= 15 is 0 Å². The minimum Gasteiger partial charge on any atom is -0.497 e. The highest BCUT2D eigenvalue weighted by molar-refractivity contribution is 5.82. The van der Waals surface area contributed by atoms with Crippen molar-refractivity contribution in [1.29, 1.82) is 0 Å². The molecular weight excluding hydrogens is 264 g/mol. The molecule has 2 bridgehead atoms. The van der Waals surface area contributed by atoms with Gasteiger partial charge in [-0.25, -0.2) is 4.98 Å². The van der Waals surface area contributed by atoms with E-state index in [0.29, 0.717) is 12.1 Å². The number of fused-ring (bicyclic) bond motifs is 3. The highest BCUT2D eigenvalue weighted by Gasteiger charge is 2.40. The van der Waals surface area contributed by atoms with Crippen LogP contribution in [0.3, 0.4) is 0 Å². The lowest BCUT2D eigenvalue weighted by Gasteiger charge is -2.38. The Morgan fingerprint density at radius 2 is 1.90 bits per heavy atom. The molecule has 0 radical (unpaired) electrons. The zero-order chi connectivity index (χ0) is 14.4. The number of benzene rings is 1. The number of ether oxygens (including phenoxy) is 1. The molecule has 21 heavy (non-hydrogen) atoms. The van der Waals surface area contributed by atoms with Crippen molar-refractivity contribution in [2.24, 2.45) is 0 Å². The van der Waals surface area contributed by atoms with E-state index in [1.165, 1.54) is 12.8 Å². The van der Waals surface area contributed by atoms with Gasteiger partial charge in [0.1, 0.15) is 11.6 Å². The second-order valence-electron chi connectivity index (χ2n) is 6.15. The third-order valence-electron chi connectivity index (χ3n) is 4.85. The number of hydrogen-bond acceptors (Lipinski definition) is 4. The number of pyridine rings is 1. The zero-order valence-electron chi connectivity index (χ0n) is 12.2. The fourth-order valence-electron chi connectivity index (χ4n) is 3.89. The molecule has 4 heteroatoms. The zero-order valence-corrected chi connectivity index (χ0v) is 12.2. The summed E-state index contributed by atoms with van der Waals surface area (Å²) < 4.78 is 5.26. The summed E-state index contributed by atoms with van der Waals surface area (Å²) in [7, 11) is 1.68. The molecule has 2 atom stereocenters. The van der Waals surface area contributed by atoms with E-state index in [-0.39, 0.29) is 6.10 Å². The summed E-state index contributed by atoms with van der Waals surface area (Å²) in [5.41, 5.74) is 0.999. The van der Waals surface area contributed by atoms with Crippen molar-refractivity contribution in [2.75, 3.05) is 12.0 Å². The minimum absolute atomic E-state index is 0.136. The van der Waals surface area contributed by atoms with Gasteiger partial charge in [0.15, 0.2) is 0 Å². The molecule has 1 aromatic carbocycles. The molecule has 2 fully saturated rings. The van der Waals surface area contributed by atoms with E-state index < -0.39 is 0 Å². The summed E-state index contributed by atoms with van der Waals surface area (Å²) in [6.07, 6.45) is 3.95. The van der Waals surface area contributed by atoms with Crippen LogP contribution in [0.5, 0.6) is 5.75 Å². The van der Waals surface area contributed by atoms with Crippen LogP contribution in [0.1, 0.15) is 25.7 Å². The lowest BCUT2D eigenvalue weighted by Crippen LogP contribution is -2.45. The fraction of sp³-hybridized carbons (Fsp3) is 0.471. The number of piperidine rings is 1. The summed E-state index contributed by atoms with van der Waals surface area (Å²) in [6.45, 7) is 0. The third kappa shape index (κ3) is 2.14. The van der Waals surface area contributed by atoms with Crippen molar-refractivity contribution in [1.82, 2.24) is 4.98 Å². The molecule has 1 N–H and O–H groups in total. The fourth-order valence-corrected chi connectivity index (χ4v) is 3.89. The van der Waals surface area contributed by atoms with Crippen LogP contribution < -0.4 is 9.64 Å². The number of nitrogens with zero attached hydrogens (tertiary/aromatic N) is 2. The molecule has 0 amide bonds. The summed E-state index contributed by atoms with van der Waals surface area (Å²) >= 11 is 0. The highest BCUT2D eigenvalue weighted by atomic mass is 16.5. The molecule has 4 nitrogen and oxygen atoms in total. The summed E-state index contributed by atoms with van der Waals surface area (Å²) in [6, 6.07) is 11.1. The van der Waals surface area contributed by atoms with Gasteiger partial charge in [-0.2, -0.15) is 0 Å². The standard InChI is InChI=1S/C17H20N2O2/c1-21-15-5-6-16-11(8-15)2-7-17(18-16)19-12-3-4-13(19)10-14(20)9-12/h2,5-8,12-14,20H,3-4,9-10H2,1H3. The van der Waals surface area contributed by atoms with Crippen LogP contribution in [0.25, 0.3) is 10.9 Å². The molecule has 0 saturated carbocycles. The normalized spacial score (nSPS) is 28.1. The smallest absolute Gasteiger partial charge is 0.129 e. The van der Waals surface area contributed by atoms with Gasteiger partial charge in [0.25, 0.3) is 0 Å². The van der Waals surface area contributed by atoms with Crippen molar-refractivity contribution in [3.63, 3.8) is 0 Å². The van der Waals surface area contributed by atoms with E-state index in [4.69, 9.17) is 9.72 Å². The number of hydrogen-bond donors (Lipinski definition) is 1. The molecule has 0 spiro atoms. The van der Waals surface area contributed by atoms with E-state index in [9.17, 15) is 5.11 Å². The predicted molar refractivity (Wildman–Crippen MR) is 82.8 cm³/mol. The molecule has 4 rings (SSSR count). The quantitative estimate of drug-likeness (QED) is 0.921. The highest BCUT2D eigenvalue weighted by Crippen LogP contribution is 2.39. The Balaban J connectivity index is 1.71. The SMILES string of the molecule is COc1ccc2nc(N3C4CCC3CC(O)C4)ccc2c1. The van der Waals surface area contributed by atoms with Gasteiger partial charge in [0.05, 0.1) is 18.7 Å². The van der Waals surface area contributed by atoms with Crippen LogP contribution in [0.2, 0.25) is 0 Å². The van der Waals surface area contributed by atoms with Gasteiger partial charge in [-0.1, -0.05) is 0 Å². The monoisotopic (exact) mass is 284 g/mol. The lowest BCUT2D eigenvalue weighted by atomic mass is 10.00. The molecule has 2 aliphatic rings. The average Bonchev–Trinajstić information content (AvgIpc) is 2.78. The molecular formula is C17H20N2O2. The predicted octanol–water partition coefficient (Wildman–Crippen LogP) is 2.74. The number of aliphatic hydroxyl groups is 1. The Morgan fingerprint density at radius 1 is 1.14 bits per heavy atom. The first kappa shape index (κ1) is 12.9. The van der Waals surface area contributed by atoms with Crippen LogP contribution in [0.15, 0.2) is 30.3 Å². The van der Waals surface area contributed by atoms with E-state index in [1.807, 2.05) is 18.2 Å². The second kappa shape index (κ2) is 4.88. The molecule has 2 saturated heterocycles. The Bertz CT molecular complexity index is 659. The van der Waals surface area contributed by atoms with Crippen molar-refractivity contribution in [3.05, 3.63) is 30.3 Å². The largest absolute Gasteiger partial charge is 0.497 e. The minimum atomic E-state index is -0.136. The molecule has 2 unspecified atom stereocenters. The number of rotatable bonds is 2.